The fraction of sp³-hybridized carbons (Fsp3) is 0.714. The van der Waals surface area contributed by atoms with Crippen LogP contribution < -0.4 is 0 Å². The third kappa shape index (κ3) is 4.18. The Bertz CT molecular complexity index is 637. The summed E-state index contributed by atoms with van der Waals surface area (Å²) in [6.45, 7) is 6.45. The normalized spacial score (nSPS) is 28.0. The summed E-state index contributed by atoms with van der Waals surface area (Å²) in [5, 5.41) is 9.42. The third-order valence-corrected chi connectivity index (χ3v) is 7.07. The van der Waals surface area contributed by atoms with E-state index in [0.29, 0.717) is 6.04 Å². The first-order chi connectivity index (χ1) is 13.0. The standard InChI is InChI=1S/C21H32N4O2/c1-23-16-21(14-19(23)20(26)27)7-12-25(13-8-21)18-5-10-24(11-6-18)15-17-4-2-3-9-22-17/h2-4,9,18-19H,5-8,10-16H2,1H3,(H,26,27). The molecule has 1 aromatic rings. The Balaban J connectivity index is 1.25. The highest BCUT2D eigenvalue weighted by atomic mass is 16.4. The van der Waals surface area contributed by atoms with Gasteiger partial charge in [0.2, 0.25) is 0 Å². The molecule has 3 fully saturated rings. The summed E-state index contributed by atoms with van der Waals surface area (Å²) in [6, 6.07) is 6.55. The van der Waals surface area contributed by atoms with Gasteiger partial charge in [0, 0.05) is 38.4 Å². The Morgan fingerprint density at radius 2 is 1.96 bits per heavy atom. The molecule has 0 amide bonds. The number of aromatic nitrogens is 1. The molecule has 1 atom stereocenters. The molecule has 4 heterocycles. The maximum absolute atomic E-state index is 11.5. The van der Waals surface area contributed by atoms with Crippen molar-refractivity contribution in [1.82, 2.24) is 19.7 Å². The van der Waals surface area contributed by atoms with Crippen LogP contribution in [0.3, 0.4) is 0 Å². The lowest BCUT2D eigenvalue weighted by Gasteiger charge is -2.45. The van der Waals surface area contributed by atoms with Crippen molar-refractivity contribution in [3.05, 3.63) is 30.1 Å². The van der Waals surface area contributed by atoms with Crippen LogP contribution >= 0.6 is 0 Å². The first-order valence-corrected chi connectivity index (χ1v) is 10.3. The summed E-state index contributed by atoms with van der Waals surface area (Å²) in [6.07, 6.45) is 7.47. The molecular weight excluding hydrogens is 340 g/mol. The molecule has 0 saturated carbocycles. The second kappa shape index (κ2) is 7.86. The van der Waals surface area contributed by atoms with Crippen LogP contribution in [0.25, 0.3) is 0 Å². The second-order valence-corrected chi connectivity index (χ2v) is 8.84. The van der Waals surface area contributed by atoms with Gasteiger partial charge < -0.3 is 10.0 Å². The van der Waals surface area contributed by atoms with E-state index in [1.165, 1.54) is 12.8 Å². The molecule has 0 aromatic carbocycles. The van der Waals surface area contributed by atoms with Crippen molar-refractivity contribution < 1.29 is 9.90 Å². The van der Waals surface area contributed by atoms with Gasteiger partial charge in [0.1, 0.15) is 6.04 Å². The summed E-state index contributed by atoms with van der Waals surface area (Å²) in [5.41, 5.74) is 1.39. The molecule has 1 aromatic heterocycles. The Hall–Kier alpha value is -1.50. The number of carboxylic acids is 1. The monoisotopic (exact) mass is 372 g/mol. The number of carbonyl (C=O) groups is 1. The predicted molar refractivity (Wildman–Crippen MR) is 104 cm³/mol. The topological polar surface area (TPSA) is 59.9 Å². The van der Waals surface area contributed by atoms with Gasteiger partial charge >= 0.3 is 5.97 Å². The van der Waals surface area contributed by atoms with Crippen molar-refractivity contribution >= 4 is 5.97 Å². The molecule has 1 unspecified atom stereocenters. The summed E-state index contributed by atoms with van der Waals surface area (Å²) >= 11 is 0. The molecule has 0 aliphatic carbocycles. The van der Waals surface area contributed by atoms with Gasteiger partial charge in [-0.3, -0.25) is 19.6 Å². The van der Waals surface area contributed by atoms with Crippen molar-refractivity contribution in [2.24, 2.45) is 5.41 Å². The van der Waals surface area contributed by atoms with Crippen molar-refractivity contribution in [2.75, 3.05) is 39.8 Å². The van der Waals surface area contributed by atoms with E-state index in [1.807, 2.05) is 24.2 Å². The number of hydrogen-bond acceptors (Lipinski definition) is 5. The maximum atomic E-state index is 11.5. The molecule has 27 heavy (non-hydrogen) atoms. The second-order valence-electron chi connectivity index (χ2n) is 8.84. The van der Waals surface area contributed by atoms with Crippen molar-refractivity contribution in [3.8, 4) is 0 Å². The number of pyridine rings is 1. The Morgan fingerprint density at radius 1 is 1.22 bits per heavy atom. The van der Waals surface area contributed by atoms with Crippen LogP contribution in [-0.4, -0.2) is 82.6 Å². The van der Waals surface area contributed by atoms with Gasteiger partial charge in [0.05, 0.1) is 5.69 Å². The minimum absolute atomic E-state index is 0.230. The molecule has 6 heteroatoms. The van der Waals surface area contributed by atoms with Gasteiger partial charge in [-0.15, -0.1) is 0 Å². The van der Waals surface area contributed by atoms with Crippen molar-refractivity contribution in [1.29, 1.82) is 0 Å². The van der Waals surface area contributed by atoms with Crippen molar-refractivity contribution in [2.45, 2.75) is 50.7 Å². The first kappa shape index (κ1) is 18.8. The van der Waals surface area contributed by atoms with Gasteiger partial charge in [0.15, 0.2) is 0 Å². The highest BCUT2D eigenvalue weighted by molar-refractivity contribution is 5.74. The van der Waals surface area contributed by atoms with Gasteiger partial charge in [-0.1, -0.05) is 6.07 Å². The molecule has 0 radical (unpaired) electrons. The minimum Gasteiger partial charge on any atom is -0.480 e. The summed E-state index contributed by atoms with van der Waals surface area (Å²) in [5.74, 6) is -0.655. The highest BCUT2D eigenvalue weighted by Crippen LogP contribution is 2.43. The van der Waals surface area contributed by atoms with Crippen molar-refractivity contribution in [3.63, 3.8) is 0 Å². The van der Waals surface area contributed by atoms with E-state index >= 15 is 0 Å². The number of aliphatic carboxylic acids is 1. The fourth-order valence-electron chi connectivity index (χ4n) is 5.43. The zero-order chi connectivity index (χ0) is 18.9. The molecule has 0 bridgehead atoms. The molecule has 6 nitrogen and oxygen atoms in total. The highest BCUT2D eigenvalue weighted by Gasteiger charge is 2.47. The van der Waals surface area contributed by atoms with E-state index in [9.17, 15) is 9.90 Å². The third-order valence-electron chi connectivity index (χ3n) is 7.07. The largest absolute Gasteiger partial charge is 0.480 e. The van der Waals surface area contributed by atoms with E-state index in [4.69, 9.17) is 0 Å². The molecule has 3 aliphatic heterocycles. The van der Waals surface area contributed by atoms with Gasteiger partial charge in [0.25, 0.3) is 0 Å². The zero-order valence-corrected chi connectivity index (χ0v) is 16.4. The summed E-state index contributed by atoms with van der Waals surface area (Å²) in [7, 11) is 1.97. The lowest BCUT2D eigenvalue weighted by Crippen LogP contribution is -2.50. The molecule has 3 saturated heterocycles. The van der Waals surface area contributed by atoms with Crippen LogP contribution in [-0.2, 0) is 11.3 Å². The first-order valence-electron chi connectivity index (χ1n) is 10.3. The average Bonchev–Trinajstić information content (AvgIpc) is 3.00. The molecular formula is C21H32N4O2. The van der Waals surface area contributed by atoms with Crippen LogP contribution in [0.1, 0.15) is 37.8 Å². The minimum atomic E-state index is -0.655. The number of carboxylic acid groups (broad SMARTS) is 1. The van der Waals surface area contributed by atoms with Gasteiger partial charge in [-0.2, -0.15) is 0 Å². The SMILES string of the molecule is CN1CC2(CCN(C3CCN(Cc4ccccn4)CC3)CC2)CC1C(=O)O. The number of likely N-dealkylation sites (N-methyl/N-ethyl adjacent to an activating group) is 1. The summed E-state index contributed by atoms with van der Waals surface area (Å²) in [4.78, 5) is 23.1. The lowest BCUT2D eigenvalue weighted by molar-refractivity contribution is -0.141. The number of likely N-dealkylation sites (tertiary alicyclic amines) is 3. The molecule has 4 rings (SSSR count). The van der Waals surface area contributed by atoms with E-state index in [-0.39, 0.29) is 11.5 Å². The molecule has 148 valence electrons. The smallest absolute Gasteiger partial charge is 0.320 e. The predicted octanol–water partition coefficient (Wildman–Crippen LogP) is 1.92. The van der Waals surface area contributed by atoms with Crippen LogP contribution in [0, 0.1) is 5.41 Å². The zero-order valence-electron chi connectivity index (χ0n) is 16.4. The van der Waals surface area contributed by atoms with Crippen LogP contribution in [0.4, 0.5) is 0 Å². The molecule has 3 aliphatic rings. The maximum Gasteiger partial charge on any atom is 0.320 e. The number of piperidine rings is 2. The average molecular weight is 373 g/mol. The van der Waals surface area contributed by atoms with Gasteiger partial charge in [-0.05, 0) is 69.8 Å². The van der Waals surface area contributed by atoms with Gasteiger partial charge in [-0.25, -0.2) is 0 Å². The number of nitrogens with zero attached hydrogens (tertiary/aromatic N) is 4. The van der Waals surface area contributed by atoms with Crippen LogP contribution in [0.2, 0.25) is 0 Å². The lowest BCUT2D eigenvalue weighted by atomic mass is 9.76. The van der Waals surface area contributed by atoms with E-state index in [1.54, 1.807) is 0 Å². The fourth-order valence-corrected chi connectivity index (χ4v) is 5.43. The van der Waals surface area contributed by atoms with E-state index in [0.717, 1.165) is 64.2 Å². The summed E-state index contributed by atoms with van der Waals surface area (Å²) < 4.78 is 0. The molecule has 1 spiro atoms. The Kier molecular flexibility index (Phi) is 5.48. The van der Waals surface area contributed by atoms with Crippen LogP contribution in [0.15, 0.2) is 24.4 Å². The van der Waals surface area contributed by atoms with E-state index < -0.39 is 5.97 Å². The molecule has 1 N–H and O–H groups in total. The van der Waals surface area contributed by atoms with Crippen LogP contribution in [0.5, 0.6) is 0 Å². The number of rotatable bonds is 4. The van der Waals surface area contributed by atoms with E-state index in [2.05, 4.69) is 26.9 Å². The Labute approximate surface area is 162 Å². The quantitative estimate of drug-likeness (QED) is 0.871. The Morgan fingerprint density at radius 3 is 2.56 bits per heavy atom. The number of hydrogen-bond donors (Lipinski definition) is 1.